The molecule has 0 aliphatic carbocycles. The molecule has 0 aromatic heterocycles. The van der Waals surface area contributed by atoms with Gasteiger partial charge in [-0.05, 0) is 42.3 Å². The second-order valence-electron chi connectivity index (χ2n) is 8.59. The molecule has 170 valence electrons. The zero-order chi connectivity index (χ0) is 22.3. The number of nitrogens with one attached hydrogen (secondary N) is 1. The molecule has 0 spiro atoms. The molecule has 2 nitrogen and oxygen atoms in total. The maximum Gasteiger partial charge on any atom is 0.127 e. The van der Waals surface area contributed by atoms with Gasteiger partial charge in [-0.2, -0.15) is 0 Å². The number of unbranched alkanes of at least 4 members (excludes halogenated alkanes) is 9. The number of para-hydroxylation sites is 2. The van der Waals surface area contributed by atoms with Gasteiger partial charge in [0.2, 0.25) is 0 Å². The van der Waals surface area contributed by atoms with E-state index in [0.29, 0.717) is 0 Å². The molecule has 2 heteroatoms. The van der Waals surface area contributed by atoms with E-state index < -0.39 is 0 Å². The first-order chi connectivity index (χ1) is 15.9. The Balaban J connectivity index is 1.41. The lowest BCUT2D eigenvalue weighted by Crippen LogP contribution is -1.99. The summed E-state index contributed by atoms with van der Waals surface area (Å²) < 4.78 is 6.17. The van der Waals surface area contributed by atoms with Crippen LogP contribution in [0.25, 0.3) is 11.1 Å². The fourth-order valence-corrected chi connectivity index (χ4v) is 4.02. The molecule has 3 aromatic carbocycles. The highest BCUT2D eigenvalue weighted by molar-refractivity contribution is 5.73. The minimum absolute atomic E-state index is 0.793. The Morgan fingerprint density at radius 3 is 1.81 bits per heavy atom. The Kier molecular flexibility index (Phi) is 10.7. The van der Waals surface area contributed by atoms with Gasteiger partial charge < -0.3 is 10.1 Å². The monoisotopic (exact) mass is 429 g/mol. The van der Waals surface area contributed by atoms with Gasteiger partial charge in [0, 0.05) is 16.9 Å². The molecule has 1 N–H and O–H groups in total. The molecule has 3 rings (SSSR count). The van der Waals surface area contributed by atoms with Gasteiger partial charge in [-0.25, -0.2) is 0 Å². The van der Waals surface area contributed by atoms with Gasteiger partial charge in [-0.15, -0.1) is 0 Å². The molecule has 0 fully saturated rings. The van der Waals surface area contributed by atoms with Crippen molar-refractivity contribution in [3.63, 3.8) is 0 Å². The van der Waals surface area contributed by atoms with Crippen LogP contribution in [0.5, 0.6) is 5.75 Å². The van der Waals surface area contributed by atoms with Crippen LogP contribution in [0.15, 0.2) is 78.9 Å². The molecule has 3 aromatic rings. The first kappa shape index (κ1) is 23.9. The van der Waals surface area contributed by atoms with E-state index >= 15 is 0 Å². The fourth-order valence-electron chi connectivity index (χ4n) is 4.02. The third kappa shape index (κ3) is 8.42. The summed E-state index contributed by atoms with van der Waals surface area (Å²) in [5.74, 6) is 0.979. The first-order valence-corrected chi connectivity index (χ1v) is 12.5. The number of hydrogen-bond donors (Lipinski definition) is 1. The van der Waals surface area contributed by atoms with E-state index in [-0.39, 0.29) is 0 Å². The zero-order valence-corrected chi connectivity index (χ0v) is 19.7. The molecule has 0 atom stereocenters. The van der Waals surface area contributed by atoms with Crippen LogP contribution in [-0.2, 0) is 0 Å². The third-order valence-electron chi connectivity index (χ3n) is 5.90. The molecule has 0 aliphatic rings. The van der Waals surface area contributed by atoms with Gasteiger partial charge >= 0.3 is 0 Å². The lowest BCUT2D eigenvalue weighted by Gasteiger charge is -2.13. The Hall–Kier alpha value is -2.74. The van der Waals surface area contributed by atoms with Crippen molar-refractivity contribution in [2.75, 3.05) is 11.9 Å². The molecule has 0 amide bonds. The van der Waals surface area contributed by atoms with Gasteiger partial charge in [0.05, 0.1) is 6.61 Å². The average Bonchev–Trinajstić information content (AvgIpc) is 2.84. The summed E-state index contributed by atoms with van der Waals surface area (Å²) in [5.41, 5.74) is 4.53. The summed E-state index contributed by atoms with van der Waals surface area (Å²) in [6.45, 7) is 3.07. The van der Waals surface area contributed by atoms with Crippen LogP contribution >= 0.6 is 0 Å². The molecule has 0 unspecified atom stereocenters. The van der Waals surface area contributed by atoms with Crippen LogP contribution in [0.3, 0.4) is 0 Å². The van der Waals surface area contributed by atoms with E-state index in [9.17, 15) is 0 Å². The molecule has 0 radical (unpaired) electrons. The van der Waals surface area contributed by atoms with Gasteiger partial charge in [-0.3, -0.25) is 0 Å². The lowest BCUT2D eigenvalue weighted by molar-refractivity contribution is 0.305. The summed E-state index contributed by atoms with van der Waals surface area (Å²) in [5, 5.41) is 3.44. The Morgan fingerprint density at radius 1 is 0.562 bits per heavy atom. The van der Waals surface area contributed by atoms with Crippen LogP contribution in [0.1, 0.15) is 71.1 Å². The summed E-state index contributed by atoms with van der Waals surface area (Å²) in [7, 11) is 0. The Bertz CT molecular complexity index is 873. The highest BCUT2D eigenvalue weighted by Gasteiger charge is 2.06. The van der Waals surface area contributed by atoms with E-state index in [1.54, 1.807) is 0 Å². The van der Waals surface area contributed by atoms with Crippen LogP contribution in [0.4, 0.5) is 11.4 Å². The van der Waals surface area contributed by atoms with Crippen LogP contribution in [0, 0.1) is 0 Å². The fraction of sp³-hybridized carbons (Fsp3) is 0.400. The molecule has 0 saturated carbocycles. The van der Waals surface area contributed by atoms with E-state index in [1.165, 1.54) is 63.4 Å². The van der Waals surface area contributed by atoms with E-state index in [4.69, 9.17) is 4.74 Å². The second-order valence-corrected chi connectivity index (χ2v) is 8.59. The van der Waals surface area contributed by atoms with Crippen molar-refractivity contribution < 1.29 is 4.74 Å². The second kappa shape index (κ2) is 14.3. The molecule has 0 bridgehead atoms. The van der Waals surface area contributed by atoms with Crippen molar-refractivity contribution in [2.45, 2.75) is 71.1 Å². The van der Waals surface area contributed by atoms with E-state index in [2.05, 4.69) is 72.9 Å². The minimum Gasteiger partial charge on any atom is -0.493 e. The quantitative estimate of drug-likeness (QED) is 0.243. The van der Waals surface area contributed by atoms with Gasteiger partial charge in [0.15, 0.2) is 0 Å². The predicted molar refractivity (Wildman–Crippen MR) is 139 cm³/mol. The van der Waals surface area contributed by atoms with Gasteiger partial charge in [0.25, 0.3) is 0 Å². The Labute approximate surface area is 195 Å². The predicted octanol–water partition coefficient (Wildman–Crippen LogP) is 9.40. The minimum atomic E-state index is 0.793. The van der Waals surface area contributed by atoms with Crippen LogP contribution in [0.2, 0.25) is 0 Å². The van der Waals surface area contributed by atoms with Crippen molar-refractivity contribution in [2.24, 2.45) is 0 Å². The molecule has 0 aliphatic heterocycles. The van der Waals surface area contributed by atoms with Crippen molar-refractivity contribution >= 4 is 11.4 Å². The van der Waals surface area contributed by atoms with Crippen molar-refractivity contribution in [3.8, 4) is 16.9 Å². The largest absolute Gasteiger partial charge is 0.493 e. The van der Waals surface area contributed by atoms with Crippen molar-refractivity contribution in [3.05, 3.63) is 78.9 Å². The van der Waals surface area contributed by atoms with Gasteiger partial charge in [0.1, 0.15) is 5.75 Å². The third-order valence-corrected chi connectivity index (χ3v) is 5.90. The maximum atomic E-state index is 6.17. The highest BCUT2D eigenvalue weighted by atomic mass is 16.5. The zero-order valence-electron chi connectivity index (χ0n) is 19.7. The van der Waals surface area contributed by atoms with Crippen LogP contribution in [-0.4, -0.2) is 6.61 Å². The summed E-state index contributed by atoms with van der Waals surface area (Å²) in [6.07, 6.45) is 13.4. The van der Waals surface area contributed by atoms with Crippen molar-refractivity contribution in [1.29, 1.82) is 0 Å². The molecule has 32 heavy (non-hydrogen) atoms. The Morgan fingerprint density at radius 2 is 1.12 bits per heavy atom. The molecular weight excluding hydrogens is 390 g/mol. The molecule has 0 heterocycles. The van der Waals surface area contributed by atoms with E-state index in [1.807, 2.05) is 18.2 Å². The summed E-state index contributed by atoms with van der Waals surface area (Å²) in [6, 6.07) is 27.2. The summed E-state index contributed by atoms with van der Waals surface area (Å²) >= 11 is 0. The lowest BCUT2D eigenvalue weighted by atomic mass is 10.0. The first-order valence-electron chi connectivity index (χ1n) is 12.5. The van der Waals surface area contributed by atoms with E-state index in [0.717, 1.165) is 35.7 Å². The number of ether oxygens (including phenoxy) is 1. The summed E-state index contributed by atoms with van der Waals surface area (Å²) in [4.78, 5) is 0. The van der Waals surface area contributed by atoms with Gasteiger partial charge in [-0.1, -0.05) is 113 Å². The topological polar surface area (TPSA) is 21.3 Å². The molecule has 0 saturated heterocycles. The number of rotatable bonds is 15. The number of hydrogen-bond acceptors (Lipinski definition) is 2. The van der Waals surface area contributed by atoms with Crippen LogP contribution < -0.4 is 10.1 Å². The number of anilines is 2. The SMILES string of the molecule is CCCCCCCCCCCCOc1ccccc1-c1ccc(Nc2ccccc2)cc1. The smallest absolute Gasteiger partial charge is 0.127 e. The van der Waals surface area contributed by atoms with Crippen molar-refractivity contribution in [1.82, 2.24) is 0 Å². The highest BCUT2D eigenvalue weighted by Crippen LogP contribution is 2.31. The average molecular weight is 430 g/mol. The standard InChI is InChI=1S/C30H39NO/c1-2-3-4-5-6-7-8-9-10-16-25-32-30-20-15-14-19-29(30)26-21-23-28(24-22-26)31-27-17-12-11-13-18-27/h11-15,17-24,31H,2-10,16,25H2,1H3. The molecular formula is C30H39NO. The number of benzene rings is 3. The normalized spacial score (nSPS) is 10.8. The maximum absolute atomic E-state index is 6.17.